The van der Waals surface area contributed by atoms with E-state index in [0.717, 1.165) is 11.4 Å². The lowest BCUT2D eigenvalue weighted by atomic mass is 10.1. The van der Waals surface area contributed by atoms with E-state index in [9.17, 15) is 0 Å². The number of hydrogen-bond acceptors (Lipinski definition) is 0. The number of rotatable bonds is 4. The van der Waals surface area contributed by atoms with Gasteiger partial charge in [-0.25, -0.2) is 0 Å². The summed E-state index contributed by atoms with van der Waals surface area (Å²) in [6, 6.07) is 32.6. The van der Waals surface area contributed by atoms with Crippen LogP contribution in [-0.2, 0) is 0 Å². The summed E-state index contributed by atoms with van der Waals surface area (Å²) in [6.45, 7) is 6.04. The molecule has 0 unspecified atom stereocenters. The van der Waals surface area contributed by atoms with E-state index in [-0.39, 0.29) is 0 Å². The Morgan fingerprint density at radius 2 is 1.27 bits per heavy atom. The minimum Gasteiger partial charge on any atom is -0.307 e. The number of fused-ring (bicyclic) bond motifs is 7. The van der Waals surface area contributed by atoms with Crippen LogP contribution in [-0.4, -0.2) is 9.13 Å². The molecule has 0 saturated carbocycles. The largest absolute Gasteiger partial charge is 0.307 e. The molecule has 2 aromatic heterocycles. The number of aromatic nitrogens is 2. The van der Waals surface area contributed by atoms with Crippen molar-refractivity contribution in [1.82, 2.24) is 9.13 Å². The molecule has 0 aliphatic rings. The van der Waals surface area contributed by atoms with Gasteiger partial charge in [-0.05, 0) is 43.3 Å². The monoisotopic (exact) mass is 424 g/mol. The molecule has 2 heterocycles. The van der Waals surface area contributed by atoms with Gasteiger partial charge in [-0.2, -0.15) is 0 Å². The fourth-order valence-corrected chi connectivity index (χ4v) is 5.11. The van der Waals surface area contributed by atoms with Gasteiger partial charge in [0.1, 0.15) is 0 Å². The second-order valence-electron chi connectivity index (χ2n) is 8.23. The van der Waals surface area contributed by atoms with Crippen molar-refractivity contribution >= 4 is 49.3 Å². The van der Waals surface area contributed by atoms with E-state index in [0.29, 0.717) is 0 Å². The Morgan fingerprint density at radius 3 is 1.97 bits per heavy atom. The van der Waals surface area contributed by atoms with Crippen molar-refractivity contribution in [1.29, 1.82) is 0 Å². The third kappa shape index (κ3) is 2.81. The molecule has 0 aliphatic carbocycles. The first-order valence-electron chi connectivity index (χ1n) is 11.3. The second-order valence-corrected chi connectivity index (χ2v) is 8.23. The van der Waals surface area contributed by atoms with Crippen molar-refractivity contribution in [3.63, 3.8) is 0 Å². The number of para-hydroxylation sites is 3. The number of hydrogen-bond donors (Lipinski definition) is 0. The van der Waals surface area contributed by atoms with Gasteiger partial charge in [0.05, 0.1) is 22.1 Å². The lowest BCUT2D eigenvalue weighted by Crippen LogP contribution is -1.99. The highest BCUT2D eigenvalue weighted by Gasteiger charge is 2.20. The molecular weight excluding hydrogens is 400 g/mol. The van der Waals surface area contributed by atoms with Crippen molar-refractivity contribution in [3.05, 3.63) is 122 Å². The first kappa shape index (κ1) is 19.4. The van der Waals surface area contributed by atoms with Crippen molar-refractivity contribution in [3.8, 4) is 5.69 Å². The van der Waals surface area contributed by atoms with E-state index >= 15 is 0 Å². The molecule has 6 rings (SSSR count). The molecule has 2 nitrogen and oxygen atoms in total. The molecule has 0 N–H and O–H groups in total. The van der Waals surface area contributed by atoms with E-state index in [2.05, 4.69) is 132 Å². The highest BCUT2D eigenvalue weighted by molar-refractivity contribution is 6.24. The molecule has 158 valence electrons. The molecular formula is C31H24N2. The van der Waals surface area contributed by atoms with Gasteiger partial charge in [-0.1, -0.05) is 85.5 Å². The van der Waals surface area contributed by atoms with Crippen molar-refractivity contribution in [2.24, 2.45) is 0 Å². The van der Waals surface area contributed by atoms with Crippen molar-refractivity contribution in [2.45, 2.75) is 6.92 Å². The maximum atomic E-state index is 3.99. The van der Waals surface area contributed by atoms with Gasteiger partial charge in [0.25, 0.3) is 0 Å². The summed E-state index contributed by atoms with van der Waals surface area (Å²) in [7, 11) is 0. The predicted molar refractivity (Wildman–Crippen MR) is 143 cm³/mol. The van der Waals surface area contributed by atoms with E-state index in [4.69, 9.17) is 0 Å². The van der Waals surface area contributed by atoms with E-state index in [1.54, 1.807) is 0 Å². The zero-order valence-electron chi connectivity index (χ0n) is 18.6. The molecule has 0 aliphatic heterocycles. The molecule has 0 atom stereocenters. The van der Waals surface area contributed by atoms with Gasteiger partial charge in [0.15, 0.2) is 0 Å². The Morgan fingerprint density at radius 1 is 0.667 bits per heavy atom. The molecule has 0 bridgehead atoms. The van der Waals surface area contributed by atoms with Crippen LogP contribution in [0.3, 0.4) is 0 Å². The van der Waals surface area contributed by atoms with Crippen LogP contribution in [0.1, 0.15) is 6.92 Å². The van der Waals surface area contributed by atoms with Crippen LogP contribution in [0.5, 0.6) is 0 Å². The molecule has 6 aromatic rings. The molecule has 4 aromatic carbocycles. The summed E-state index contributed by atoms with van der Waals surface area (Å²) in [5.74, 6) is 0. The van der Waals surface area contributed by atoms with E-state index < -0.39 is 0 Å². The molecule has 0 fully saturated rings. The lowest BCUT2D eigenvalue weighted by Gasteiger charge is -2.13. The maximum Gasteiger partial charge on any atom is 0.0788 e. The number of benzene rings is 4. The number of allylic oxidation sites excluding steroid dienone is 5. The molecule has 2 heteroatoms. The summed E-state index contributed by atoms with van der Waals surface area (Å²) >= 11 is 0. The Balaban J connectivity index is 1.94. The normalized spacial score (nSPS) is 12.6. The fourth-order valence-electron chi connectivity index (χ4n) is 5.11. The van der Waals surface area contributed by atoms with E-state index in [1.165, 1.54) is 43.6 Å². The third-order valence-corrected chi connectivity index (χ3v) is 6.37. The van der Waals surface area contributed by atoms with Crippen LogP contribution in [0.15, 0.2) is 122 Å². The van der Waals surface area contributed by atoms with Gasteiger partial charge < -0.3 is 9.13 Å². The molecule has 0 amide bonds. The minimum absolute atomic E-state index is 1.09. The van der Waals surface area contributed by atoms with E-state index in [1.807, 2.05) is 6.08 Å². The maximum absolute atomic E-state index is 3.99. The summed E-state index contributed by atoms with van der Waals surface area (Å²) < 4.78 is 4.79. The van der Waals surface area contributed by atoms with Crippen molar-refractivity contribution in [2.75, 3.05) is 0 Å². The van der Waals surface area contributed by atoms with Gasteiger partial charge in [-0.15, -0.1) is 0 Å². The van der Waals surface area contributed by atoms with Crippen LogP contribution in [0, 0.1) is 0 Å². The average molecular weight is 425 g/mol. The van der Waals surface area contributed by atoms with Crippen LogP contribution >= 0.6 is 0 Å². The van der Waals surface area contributed by atoms with Gasteiger partial charge in [-0.3, -0.25) is 0 Å². The lowest BCUT2D eigenvalue weighted by molar-refractivity contribution is 1.17. The summed E-state index contributed by atoms with van der Waals surface area (Å²) in [6.07, 6.45) is 8.19. The second kappa shape index (κ2) is 7.68. The Kier molecular flexibility index (Phi) is 4.51. The highest BCUT2D eigenvalue weighted by atomic mass is 15.0. The molecule has 33 heavy (non-hydrogen) atoms. The molecule has 0 radical (unpaired) electrons. The summed E-state index contributed by atoms with van der Waals surface area (Å²) in [5.41, 5.74) is 7.08. The smallest absolute Gasteiger partial charge is 0.0788 e. The fraction of sp³-hybridized carbons (Fsp3) is 0.0323. The van der Waals surface area contributed by atoms with Gasteiger partial charge in [0.2, 0.25) is 0 Å². The summed E-state index contributed by atoms with van der Waals surface area (Å²) in [5, 5.41) is 5.01. The van der Waals surface area contributed by atoms with Gasteiger partial charge >= 0.3 is 0 Å². The number of nitrogens with zero attached hydrogens (tertiary/aromatic N) is 2. The first-order valence-corrected chi connectivity index (χ1v) is 11.3. The summed E-state index contributed by atoms with van der Waals surface area (Å²) in [4.78, 5) is 0. The van der Waals surface area contributed by atoms with Crippen LogP contribution in [0.2, 0.25) is 0 Å². The standard InChI is InChI=1S/C31H24N2/c1-3-12-22(13-4-2)32-28-18-10-8-16-24(28)26-20-21-27-25-17-9-11-19-29(25)33(31(27)30(26)32)23-14-6-5-7-15-23/h3-21H,1H2,2H3/b13-4-,22-12+. The zero-order valence-corrected chi connectivity index (χ0v) is 18.6. The Bertz CT molecular complexity index is 1720. The third-order valence-electron chi connectivity index (χ3n) is 6.37. The molecule has 0 spiro atoms. The van der Waals surface area contributed by atoms with Crippen LogP contribution in [0.4, 0.5) is 0 Å². The van der Waals surface area contributed by atoms with Crippen molar-refractivity contribution < 1.29 is 0 Å². The SMILES string of the molecule is C=C/C=C(\C=C/C)n1c2ccccc2c2ccc3c4ccccc4n(-c4ccccc4)c3c21. The highest BCUT2D eigenvalue weighted by Crippen LogP contribution is 2.41. The molecule has 0 saturated heterocycles. The Hall–Kier alpha value is -4.30. The first-order chi connectivity index (χ1) is 16.3. The predicted octanol–water partition coefficient (Wildman–Crippen LogP) is 8.49. The minimum atomic E-state index is 1.09. The van der Waals surface area contributed by atoms with Crippen LogP contribution in [0.25, 0.3) is 55.0 Å². The Labute approximate surface area is 193 Å². The average Bonchev–Trinajstić information content (AvgIpc) is 3.37. The van der Waals surface area contributed by atoms with Crippen LogP contribution < -0.4 is 0 Å². The van der Waals surface area contributed by atoms with Gasteiger partial charge in [0, 0.05) is 32.9 Å². The zero-order chi connectivity index (χ0) is 22.4. The topological polar surface area (TPSA) is 9.86 Å². The quantitative estimate of drug-likeness (QED) is 0.251.